The fourth-order valence-electron chi connectivity index (χ4n) is 6.57. The highest BCUT2D eigenvalue weighted by Crippen LogP contribution is 2.46. The van der Waals surface area contributed by atoms with Gasteiger partial charge in [-0.1, -0.05) is 59.6 Å². The third-order valence-electron chi connectivity index (χ3n) is 9.10. The normalized spacial score (nSPS) is 16.4. The molecule has 4 aliphatic rings. The summed E-state index contributed by atoms with van der Waals surface area (Å²) >= 11 is 12.5. The molecule has 0 unspecified atom stereocenters. The number of imidazole rings is 1. The lowest BCUT2D eigenvalue weighted by Crippen LogP contribution is -2.27. The Kier molecular flexibility index (Phi) is 7.73. The van der Waals surface area contributed by atoms with Crippen molar-refractivity contribution in [2.24, 2.45) is 4.99 Å². The molecule has 9 nitrogen and oxygen atoms in total. The van der Waals surface area contributed by atoms with Crippen molar-refractivity contribution in [2.75, 3.05) is 33.7 Å². The second-order valence-electron chi connectivity index (χ2n) is 12.2. The molecule has 9 rings (SSSR count). The van der Waals surface area contributed by atoms with Crippen LogP contribution in [-0.4, -0.2) is 41.7 Å². The number of aliphatic imine (C=N–C) groups is 1. The lowest BCUT2D eigenvalue weighted by Gasteiger charge is -2.25. The topological polar surface area (TPSA) is 77.3 Å². The van der Waals surface area contributed by atoms with Gasteiger partial charge in [-0.05, 0) is 73.5 Å². The number of fused-ring (bicyclic) bond motifs is 3. The molecule has 4 aromatic carbocycles. The Hall–Kier alpha value is -5.38. The van der Waals surface area contributed by atoms with Crippen LogP contribution in [0.2, 0.25) is 10.0 Å². The van der Waals surface area contributed by atoms with Crippen LogP contribution in [0, 0.1) is 0 Å². The molecule has 5 aromatic rings. The van der Waals surface area contributed by atoms with Crippen LogP contribution in [0.25, 0.3) is 0 Å². The summed E-state index contributed by atoms with van der Waals surface area (Å²) in [5, 5.41) is 1.19. The third-order valence-corrected chi connectivity index (χ3v) is 9.57. The van der Waals surface area contributed by atoms with Crippen LogP contribution in [0.5, 0.6) is 0 Å². The third kappa shape index (κ3) is 5.35. The number of carbonyl (C=O) groups is 2. The Bertz CT molecular complexity index is 2180. The Morgan fingerprint density at radius 3 is 1.80 bits per heavy atom. The first-order valence-corrected chi connectivity index (χ1v) is 16.8. The van der Waals surface area contributed by atoms with E-state index in [0.717, 1.165) is 47.0 Å². The zero-order valence-corrected chi connectivity index (χ0v) is 28.3. The minimum Gasteiger partial charge on any atom is -0.327 e. The van der Waals surface area contributed by atoms with Crippen molar-refractivity contribution in [1.29, 1.82) is 0 Å². The first kappa shape index (κ1) is 30.9. The molecular weight excluding hydrogens is 657 g/mol. The number of benzene rings is 4. The van der Waals surface area contributed by atoms with Crippen molar-refractivity contribution in [1.82, 2.24) is 9.55 Å². The van der Waals surface area contributed by atoms with Crippen LogP contribution in [0.1, 0.15) is 35.8 Å². The lowest BCUT2D eigenvalue weighted by atomic mass is 10.1. The van der Waals surface area contributed by atoms with Gasteiger partial charge in [-0.15, -0.1) is 0 Å². The largest absolute Gasteiger partial charge is 0.327 e. The standard InChI is InChI=1S/C20H17ClN4O.C18H14ClN3O/c1-23-16-10-7-13(21)11-17(16)25(15-5-3-2-4-6-15)20(26)18-19(23)22-12-24(18)14-8-9-14;1-21-15-8-7-12(19)11-16(15)22(13-5-3-2-4-6-13)18(23)14-9-10-20-17(14)21/h2-7,10-12,14H,8-9H2,1H3;2-8,10-11H,9H2,1H3. The van der Waals surface area contributed by atoms with Gasteiger partial charge in [-0.2, -0.15) is 0 Å². The summed E-state index contributed by atoms with van der Waals surface area (Å²) in [6, 6.07) is 30.8. The van der Waals surface area contributed by atoms with Gasteiger partial charge in [-0.25, -0.2) is 9.98 Å². The average molecular weight is 689 g/mol. The molecule has 0 N–H and O–H groups in total. The van der Waals surface area contributed by atoms with Gasteiger partial charge in [0.1, 0.15) is 5.82 Å². The number of para-hydroxylation sites is 2. The van der Waals surface area contributed by atoms with Crippen molar-refractivity contribution in [3.05, 3.63) is 131 Å². The summed E-state index contributed by atoms with van der Waals surface area (Å²) in [6.07, 6.45) is 6.29. The van der Waals surface area contributed by atoms with Gasteiger partial charge in [0, 0.05) is 54.2 Å². The number of carbonyl (C=O) groups excluding carboxylic acids is 2. The molecular formula is C38H31Cl2N7O2. The number of aromatic nitrogens is 2. The van der Waals surface area contributed by atoms with Gasteiger partial charge in [0.25, 0.3) is 11.8 Å². The number of hydrogen-bond donors (Lipinski definition) is 0. The SMILES string of the molecule is CN1C2=C(CC=N2)C(=O)N(c2ccccc2)c2cc(Cl)ccc21.CN1c2ccc(Cl)cc2N(c2ccccc2)C(=O)c2c1ncn2C1CC1. The molecule has 244 valence electrons. The number of hydrogen-bond acceptors (Lipinski definition) is 6. The van der Waals surface area contributed by atoms with E-state index in [0.29, 0.717) is 45.4 Å². The predicted molar refractivity (Wildman–Crippen MR) is 197 cm³/mol. The quantitative estimate of drug-likeness (QED) is 0.189. The molecule has 49 heavy (non-hydrogen) atoms. The highest BCUT2D eigenvalue weighted by atomic mass is 35.5. The Labute approximate surface area is 293 Å². The van der Waals surface area contributed by atoms with Gasteiger partial charge in [0.2, 0.25) is 0 Å². The first-order valence-electron chi connectivity index (χ1n) is 16.0. The van der Waals surface area contributed by atoms with Gasteiger partial charge in [0.05, 0.1) is 34.6 Å². The number of anilines is 7. The maximum Gasteiger partial charge on any atom is 0.283 e. The van der Waals surface area contributed by atoms with E-state index in [9.17, 15) is 9.59 Å². The molecule has 1 aromatic heterocycles. The fraction of sp³-hybridized carbons (Fsp3) is 0.158. The van der Waals surface area contributed by atoms with Crippen LogP contribution < -0.4 is 19.6 Å². The van der Waals surface area contributed by atoms with Crippen molar-refractivity contribution in [3.63, 3.8) is 0 Å². The molecule has 1 aliphatic carbocycles. The Morgan fingerprint density at radius 1 is 0.673 bits per heavy atom. The van der Waals surface area contributed by atoms with Crippen LogP contribution in [0.3, 0.4) is 0 Å². The van der Waals surface area contributed by atoms with E-state index in [1.165, 1.54) is 0 Å². The van der Waals surface area contributed by atoms with E-state index < -0.39 is 0 Å². The Morgan fingerprint density at radius 2 is 1.22 bits per heavy atom. The molecule has 0 spiro atoms. The predicted octanol–water partition coefficient (Wildman–Crippen LogP) is 9.07. The molecule has 0 radical (unpaired) electrons. The van der Waals surface area contributed by atoms with Gasteiger partial charge >= 0.3 is 0 Å². The maximum absolute atomic E-state index is 13.7. The van der Waals surface area contributed by atoms with Gasteiger partial charge < -0.3 is 14.4 Å². The molecule has 4 heterocycles. The summed E-state index contributed by atoms with van der Waals surface area (Å²) in [5.41, 5.74) is 6.27. The summed E-state index contributed by atoms with van der Waals surface area (Å²) in [6.45, 7) is 0. The number of nitrogens with zero attached hydrogens (tertiary/aromatic N) is 7. The summed E-state index contributed by atoms with van der Waals surface area (Å²) in [4.78, 5) is 43.2. The first-order chi connectivity index (χ1) is 23.8. The van der Waals surface area contributed by atoms with E-state index in [-0.39, 0.29) is 11.8 Å². The molecule has 1 fully saturated rings. The van der Waals surface area contributed by atoms with Crippen LogP contribution in [0.4, 0.5) is 39.9 Å². The van der Waals surface area contributed by atoms with Gasteiger partial charge in [-0.3, -0.25) is 19.4 Å². The van der Waals surface area contributed by atoms with E-state index in [1.54, 1.807) is 22.3 Å². The summed E-state index contributed by atoms with van der Waals surface area (Å²) < 4.78 is 2.03. The summed E-state index contributed by atoms with van der Waals surface area (Å²) in [7, 11) is 3.87. The van der Waals surface area contributed by atoms with Crippen molar-refractivity contribution >= 4 is 81.2 Å². The van der Waals surface area contributed by atoms with Crippen molar-refractivity contribution < 1.29 is 9.59 Å². The summed E-state index contributed by atoms with van der Waals surface area (Å²) in [5.74, 6) is 1.25. The Balaban J connectivity index is 0.000000143. The molecule has 11 heteroatoms. The highest BCUT2D eigenvalue weighted by molar-refractivity contribution is 6.32. The average Bonchev–Trinajstić information content (AvgIpc) is 3.70. The molecule has 0 saturated heterocycles. The number of rotatable bonds is 3. The smallest absolute Gasteiger partial charge is 0.283 e. The second-order valence-corrected chi connectivity index (χ2v) is 13.1. The van der Waals surface area contributed by atoms with Gasteiger partial charge in [0.15, 0.2) is 11.5 Å². The van der Waals surface area contributed by atoms with Crippen LogP contribution in [-0.2, 0) is 4.79 Å². The second kappa shape index (κ2) is 12.3. The van der Waals surface area contributed by atoms with E-state index in [2.05, 4.69) is 9.98 Å². The van der Waals surface area contributed by atoms with Crippen molar-refractivity contribution in [2.45, 2.75) is 25.3 Å². The molecule has 0 atom stereocenters. The molecule has 3 aliphatic heterocycles. The lowest BCUT2D eigenvalue weighted by molar-refractivity contribution is -0.114. The maximum atomic E-state index is 13.7. The van der Waals surface area contributed by atoms with Crippen LogP contribution in [0.15, 0.2) is 120 Å². The molecule has 2 amide bonds. The van der Waals surface area contributed by atoms with Crippen molar-refractivity contribution in [3.8, 4) is 0 Å². The van der Waals surface area contributed by atoms with E-state index >= 15 is 0 Å². The zero-order valence-electron chi connectivity index (χ0n) is 26.8. The molecule has 1 saturated carbocycles. The zero-order chi connectivity index (χ0) is 33.8. The van der Waals surface area contributed by atoms with Crippen LogP contribution >= 0.6 is 23.2 Å². The minimum atomic E-state index is -0.0801. The fourth-order valence-corrected chi connectivity index (χ4v) is 6.90. The van der Waals surface area contributed by atoms with E-state index in [4.69, 9.17) is 23.2 Å². The monoisotopic (exact) mass is 687 g/mol. The minimum absolute atomic E-state index is 0.0587. The number of halogens is 2. The highest BCUT2D eigenvalue weighted by Gasteiger charge is 2.38. The van der Waals surface area contributed by atoms with E-state index in [1.807, 2.05) is 126 Å². The number of amides is 2. The molecule has 0 bridgehead atoms.